The van der Waals surface area contributed by atoms with E-state index in [1.54, 1.807) is 0 Å². The van der Waals surface area contributed by atoms with Gasteiger partial charge < -0.3 is 0 Å². The second kappa shape index (κ2) is 8.36. The molecule has 0 fully saturated rings. The van der Waals surface area contributed by atoms with E-state index >= 15 is 0 Å². The lowest BCUT2D eigenvalue weighted by atomic mass is 9.87. The van der Waals surface area contributed by atoms with Crippen LogP contribution in [0.4, 0.5) is 0 Å². The molecular weight excluding hydrogens is 312 g/mol. The van der Waals surface area contributed by atoms with Crippen LogP contribution < -0.4 is 0 Å². The van der Waals surface area contributed by atoms with Crippen LogP contribution in [0.2, 0.25) is 0 Å². The van der Waals surface area contributed by atoms with Gasteiger partial charge in [0.2, 0.25) is 0 Å². The lowest BCUT2D eigenvalue weighted by Gasteiger charge is -2.17. The van der Waals surface area contributed by atoms with E-state index in [1.165, 1.54) is 70.2 Å². The van der Waals surface area contributed by atoms with Crippen molar-refractivity contribution in [1.29, 1.82) is 0 Å². The van der Waals surface area contributed by atoms with Gasteiger partial charge in [-0.1, -0.05) is 80.4 Å². The zero-order valence-corrected chi connectivity index (χ0v) is 16.6. The molecule has 3 aromatic rings. The summed E-state index contributed by atoms with van der Waals surface area (Å²) in [5, 5.41) is 0. The highest BCUT2D eigenvalue weighted by molar-refractivity contribution is 5.79. The summed E-state index contributed by atoms with van der Waals surface area (Å²) in [4.78, 5) is 0. The number of hydrogen-bond donors (Lipinski definition) is 0. The van der Waals surface area contributed by atoms with Gasteiger partial charge in [-0.2, -0.15) is 0 Å². The minimum atomic E-state index is 1.17. The van der Waals surface area contributed by atoms with Crippen LogP contribution in [0.1, 0.15) is 48.4 Å². The molecule has 0 radical (unpaired) electrons. The Morgan fingerprint density at radius 2 is 1.15 bits per heavy atom. The first-order valence-corrected chi connectivity index (χ1v) is 9.88. The number of hydrogen-bond acceptors (Lipinski definition) is 0. The molecule has 0 heterocycles. The summed E-state index contributed by atoms with van der Waals surface area (Å²) in [6.45, 7) is 9.00. The smallest absolute Gasteiger partial charge is 0.0149 e. The summed E-state index contributed by atoms with van der Waals surface area (Å²) in [5.41, 5.74) is 11.1. The minimum absolute atomic E-state index is 1.17. The predicted molar refractivity (Wildman–Crippen MR) is 115 cm³/mol. The Kier molecular flexibility index (Phi) is 5.93. The van der Waals surface area contributed by atoms with Crippen LogP contribution in [0.15, 0.2) is 60.7 Å². The van der Waals surface area contributed by atoms with Crippen molar-refractivity contribution in [3.63, 3.8) is 0 Å². The van der Waals surface area contributed by atoms with E-state index < -0.39 is 0 Å². The molecule has 0 aliphatic heterocycles. The van der Waals surface area contributed by atoms with Gasteiger partial charge in [0.25, 0.3) is 0 Å². The van der Waals surface area contributed by atoms with E-state index in [2.05, 4.69) is 88.4 Å². The van der Waals surface area contributed by atoms with E-state index in [9.17, 15) is 0 Å². The first-order chi connectivity index (χ1) is 12.6. The maximum Gasteiger partial charge on any atom is -0.0149 e. The van der Waals surface area contributed by atoms with Crippen molar-refractivity contribution in [2.45, 2.75) is 53.4 Å². The van der Waals surface area contributed by atoms with Crippen LogP contribution in [0.25, 0.3) is 22.3 Å². The van der Waals surface area contributed by atoms with Gasteiger partial charge >= 0.3 is 0 Å². The molecule has 0 spiro atoms. The third kappa shape index (κ3) is 3.75. The molecule has 26 heavy (non-hydrogen) atoms. The van der Waals surface area contributed by atoms with Crippen LogP contribution in [0.5, 0.6) is 0 Å². The van der Waals surface area contributed by atoms with Crippen LogP contribution in [-0.4, -0.2) is 0 Å². The molecular formula is C26H30. The van der Waals surface area contributed by atoms with Crippen molar-refractivity contribution in [3.8, 4) is 22.3 Å². The molecule has 0 heteroatoms. The molecule has 0 amide bonds. The fraction of sp³-hybridized carbons (Fsp3) is 0.308. The van der Waals surface area contributed by atoms with Gasteiger partial charge in [-0.25, -0.2) is 0 Å². The molecule has 0 bridgehead atoms. The van der Waals surface area contributed by atoms with Crippen molar-refractivity contribution < 1.29 is 0 Å². The largest absolute Gasteiger partial charge is 0.0654 e. The average molecular weight is 343 g/mol. The first-order valence-electron chi connectivity index (χ1n) is 9.88. The summed E-state index contributed by atoms with van der Waals surface area (Å²) in [7, 11) is 0. The summed E-state index contributed by atoms with van der Waals surface area (Å²) in [6.07, 6.45) is 5.01. The number of benzene rings is 3. The van der Waals surface area contributed by atoms with E-state index in [0.717, 1.165) is 0 Å². The molecule has 3 aromatic carbocycles. The number of rotatable bonds is 6. The monoisotopic (exact) mass is 342 g/mol. The Bertz CT molecular complexity index is 886. The summed E-state index contributed by atoms with van der Waals surface area (Å²) >= 11 is 0. The SMILES string of the molecule is CCCCCc1ccccc1-c1ccc(-c2ccccc2C)c(C)c1C. The fourth-order valence-electron chi connectivity index (χ4n) is 3.85. The predicted octanol–water partition coefficient (Wildman–Crippen LogP) is 7.68. The molecule has 0 N–H and O–H groups in total. The first kappa shape index (κ1) is 18.5. The van der Waals surface area contributed by atoms with Crippen molar-refractivity contribution >= 4 is 0 Å². The molecule has 0 saturated carbocycles. The molecule has 134 valence electrons. The van der Waals surface area contributed by atoms with Gasteiger partial charge in [0.15, 0.2) is 0 Å². The third-order valence-corrected chi connectivity index (χ3v) is 5.58. The van der Waals surface area contributed by atoms with E-state index in [0.29, 0.717) is 0 Å². The molecule has 0 saturated heterocycles. The Morgan fingerprint density at radius 3 is 1.81 bits per heavy atom. The lowest BCUT2D eigenvalue weighted by molar-refractivity contribution is 0.718. The van der Waals surface area contributed by atoms with E-state index in [-0.39, 0.29) is 0 Å². The summed E-state index contributed by atoms with van der Waals surface area (Å²) in [6, 6.07) is 22.2. The van der Waals surface area contributed by atoms with Crippen LogP contribution >= 0.6 is 0 Å². The van der Waals surface area contributed by atoms with Crippen molar-refractivity contribution in [1.82, 2.24) is 0 Å². The highest BCUT2D eigenvalue weighted by atomic mass is 14.2. The molecule has 0 aromatic heterocycles. The Morgan fingerprint density at radius 1 is 0.577 bits per heavy atom. The molecule has 0 unspecified atom stereocenters. The Balaban J connectivity index is 2.04. The van der Waals surface area contributed by atoms with E-state index in [4.69, 9.17) is 0 Å². The van der Waals surface area contributed by atoms with Gasteiger partial charge in [0, 0.05) is 0 Å². The van der Waals surface area contributed by atoms with Crippen LogP contribution in [0, 0.1) is 20.8 Å². The molecule has 0 aliphatic carbocycles. The minimum Gasteiger partial charge on any atom is -0.0654 e. The van der Waals surface area contributed by atoms with Crippen molar-refractivity contribution in [3.05, 3.63) is 82.9 Å². The number of unbranched alkanes of at least 4 members (excludes halogenated alkanes) is 2. The van der Waals surface area contributed by atoms with Gasteiger partial charge in [0.1, 0.15) is 0 Å². The van der Waals surface area contributed by atoms with Gasteiger partial charge in [0.05, 0.1) is 0 Å². The normalized spacial score (nSPS) is 10.9. The quantitative estimate of drug-likeness (QED) is 0.403. The van der Waals surface area contributed by atoms with Gasteiger partial charge in [-0.3, -0.25) is 0 Å². The Labute approximate surface area is 158 Å². The summed E-state index contributed by atoms with van der Waals surface area (Å²) in [5.74, 6) is 0. The van der Waals surface area contributed by atoms with Crippen molar-refractivity contribution in [2.24, 2.45) is 0 Å². The lowest BCUT2D eigenvalue weighted by Crippen LogP contribution is -1.96. The van der Waals surface area contributed by atoms with E-state index in [1.807, 2.05) is 0 Å². The maximum absolute atomic E-state index is 2.32. The van der Waals surface area contributed by atoms with Gasteiger partial charge in [-0.15, -0.1) is 0 Å². The second-order valence-electron chi connectivity index (χ2n) is 7.34. The number of aryl methyl sites for hydroxylation is 2. The Hall–Kier alpha value is -2.34. The van der Waals surface area contributed by atoms with Crippen LogP contribution in [0.3, 0.4) is 0 Å². The standard InChI is InChI=1S/C26H30/c1-5-6-7-13-22-14-9-11-16-26(22)25-18-17-24(20(3)21(25)4)23-15-10-8-12-19(23)2/h8-12,14-18H,5-7,13H2,1-4H3. The highest BCUT2D eigenvalue weighted by Gasteiger charge is 2.13. The highest BCUT2D eigenvalue weighted by Crippen LogP contribution is 2.35. The second-order valence-corrected chi connectivity index (χ2v) is 7.34. The topological polar surface area (TPSA) is 0 Å². The van der Waals surface area contributed by atoms with Gasteiger partial charge in [-0.05, 0) is 78.1 Å². The van der Waals surface area contributed by atoms with Crippen LogP contribution in [-0.2, 0) is 6.42 Å². The molecule has 0 nitrogen and oxygen atoms in total. The fourth-order valence-corrected chi connectivity index (χ4v) is 3.85. The maximum atomic E-state index is 2.32. The molecule has 3 rings (SSSR count). The summed E-state index contributed by atoms with van der Waals surface area (Å²) < 4.78 is 0. The molecule has 0 aliphatic rings. The third-order valence-electron chi connectivity index (χ3n) is 5.58. The zero-order valence-electron chi connectivity index (χ0n) is 16.6. The average Bonchev–Trinajstić information content (AvgIpc) is 2.66. The van der Waals surface area contributed by atoms with Crippen molar-refractivity contribution in [2.75, 3.05) is 0 Å². The molecule has 0 atom stereocenters. The zero-order chi connectivity index (χ0) is 18.5.